The molecule has 0 aliphatic carbocycles. The second-order valence-corrected chi connectivity index (χ2v) is 4.06. The van der Waals surface area contributed by atoms with E-state index in [-0.39, 0.29) is 6.61 Å². The maximum Gasteiger partial charge on any atom is 0.130 e. The monoisotopic (exact) mass is 246 g/mol. The molecule has 0 fully saturated rings. The first-order chi connectivity index (χ1) is 8.71. The molecule has 1 N–H and O–H groups in total. The number of aryl methyl sites for hydroxylation is 1. The van der Waals surface area contributed by atoms with Crippen molar-refractivity contribution in [2.45, 2.75) is 20.0 Å². The van der Waals surface area contributed by atoms with E-state index < -0.39 is 5.82 Å². The Morgan fingerprint density at radius 1 is 1.06 bits per heavy atom. The number of hydrogen-bond acceptors (Lipinski definition) is 2. The molecule has 2 aromatic carbocycles. The normalized spacial score (nSPS) is 10.4. The van der Waals surface area contributed by atoms with Gasteiger partial charge in [0.2, 0.25) is 0 Å². The standard InChI is InChI=1S/C15H15FO2/c1-2-11-4-3-5-14(7-11)18-15-8-12(10-17)6-13(16)9-15/h3-9,17H,2,10H2,1H3. The molecule has 0 amide bonds. The Bertz CT molecular complexity index is 538. The quantitative estimate of drug-likeness (QED) is 0.891. The molecule has 0 aromatic heterocycles. The second-order valence-electron chi connectivity index (χ2n) is 4.06. The molecular formula is C15H15FO2. The van der Waals surface area contributed by atoms with Crippen molar-refractivity contribution < 1.29 is 14.2 Å². The Balaban J connectivity index is 2.24. The lowest BCUT2D eigenvalue weighted by atomic mass is 10.1. The summed E-state index contributed by atoms with van der Waals surface area (Å²) in [4.78, 5) is 0. The van der Waals surface area contributed by atoms with Crippen LogP contribution < -0.4 is 4.74 Å². The van der Waals surface area contributed by atoms with Gasteiger partial charge in [-0.15, -0.1) is 0 Å². The van der Waals surface area contributed by atoms with Crippen molar-refractivity contribution in [3.8, 4) is 11.5 Å². The molecule has 0 aliphatic rings. The zero-order valence-corrected chi connectivity index (χ0v) is 10.2. The first-order valence-corrected chi connectivity index (χ1v) is 5.88. The highest BCUT2D eigenvalue weighted by molar-refractivity contribution is 5.36. The van der Waals surface area contributed by atoms with Crippen LogP contribution in [0.1, 0.15) is 18.1 Å². The third-order valence-corrected chi connectivity index (χ3v) is 2.66. The third kappa shape index (κ3) is 3.08. The molecule has 2 nitrogen and oxygen atoms in total. The van der Waals surface area contributed by atoms with E-state index in [2.05, 4.69) is 6.92 Å². The lowest BCUT2D eigenvalue weighted by Gasteiger charge is -2.08. The van der Waals surface area contributed by atoms with Crippen molar-refractivity contribution >= 4 is 0 Å². The zero-order valence-electron chi connectivity index (χ0n) is 10.2. The number of ether oxygens (including phenoxy) is 1. The highest BCUT2D eigenvalue weighted by atomic mass is 19.1. The average Bonchev–Trinajstić information content (AvgIpc) is 2.38. The van der Waals surface area contributed by atoms with E-state index in [1.165, 1.54) is 12.1 Å². The Hall–Kier alpha value is -1.87. The van der Waals surface area contributed by atoms with Gasteiger partial charge >= 0.3 is 0 Å². The van der Waals surface area contributed by atoms with Crippen LogP contribution >= 0.6 is 0 Å². The van der Waals surface area contributed by atoms with Crippen LogP contribution in [0.4, 0.5) is 4.39 Å². The Labute approximate surface area is 106 Å². The molecule has 0 aliphatic heterocycles. The van der Waals surface area contributed by atoms with Crippen LogP contribution in [0.5, 0.6) is 11.5 Å². The van der Waals surface area contributed by atoms with Crippen molar-refractivity contribution in [3.05, 3.63) is 59.4 Å². The maximum atomic E-state index is 13.3. The Morgan fingerprint density at radius 2 is 1.83 bits per heavy atom. The molecule has 2 aromatic rings. The van der Waals surface area contributed by atoms with Gasteiger partial charge in [-0.3, -0.25) is 0 Å². The molecule has 3 heteroatoms. The summed E-state index contributed by atoms with van der Waals surface area (Å²) < 4.78 is 18.9. The minimum Gasteiger partial charge on any atom is -0.457 e. The van der Waals surface area contributed by atoms with E-state index in [4.69, 9.17) is 9.84 Å². The molecule has 0 saturated carbocycles. The van der Waals surface area contributed by atoms with E-state index in [9.17, 15) is 4.39 Å². The number of rotatable bonds is 4. The molecule has 0 spiro atoms. The number of halogens is 1. The van der Waals surface area contributed by atoms with Crippen molar-refractivity contribution in [1.82, 2.24) is 0 Å². The molecule has 0 bridgehead atoms. The van der Waals surface area contributed by atoms with E-state index in [0.29, 0.717) is 17.1 Å². The highest BCUT2D eigenvalue weighted by Crippen LogP contribution is 2.24. The zero-order chi connectivity index (χ0) is 13.0. The molecule has 2 rings (SSSR count). The molecule has 94 valence electrons. The summed E-state index contributed by atoms with van der Waals surface area (Å²) in [5.74, 6) is 0.652. The minimum absolute atomic E-state index is 0.205. The molecule has 0 saturated heterocycles. The van der Waals surface area contributed by atoms with Gasteiger partial charge in [-0.2, -0.15) is 0 Å². The number of aliphatic hydroxyl groups excluding tert-OH is 1. The van der Waals surface area contributed by atoms with Crippen LogP contribution in [0.2, 0.25) is 0 Å². The molecular weight excluding hydrogens is 231 g/mol. The van der Waals surface area contributed by atoms with Gasteiger partial charge in [0.15, 0.2) is 0 Å². The summed E-state index contributed by atoms with van der Waals surface area (Å²) in [5.41, 5.74) is 1.66. The lowest BCUT2D eigenvalue weighted by molar-refractivity contribution is 0.280. The summed E-state index contributed by atoms with van der Waals surface area (Å²) in [7, 11) is 0. The lowest BCUT2D eigenvalue weighted by Crippen LogP contribution is -1.90. The fraction of sp³-hybridized carbons (Fsp3) is 0.200. The first-order valence-electron chi connectivity index (χ1n) is 5.88. The van der Waals surface area contributed by atoms with Gasteiger partial charge in [0.1, 0.15) is 17.3 Å². The van der Waals surface area contributed by atoms with Crippen LogP contribution in [0, 0.1) is 5.82 Å². The van der Waals surface area contributed by atoms with Crippen molar-refractivity contribution in [2.24, 2.45) is 0 Å². The van der Waals surface area contributed by atoms with Crippen molar-refractivity contribution in [3.63, 3.8) is 0 Å². The van der Waals surface area contributed by atoms with Gasteiger partial charge in [0.05, 0.1) is 6.61 Å². The number of benzene rings is 2. The Morgan fingerprint density at radius 3 is 2.56 bits per heavy atom. The summed E-state index contributed by atoms with van der Waals surface area (Å²) >= 11 is 0. The van der Waals surface area contributed by atoms with E-state index in [0.717, 1.165) is 12.0 Å². The number of aliphatic hydroxyl groups is 1. The van der Waals surface area contributed by atoms with Gasteiger partial charge < -0.3 is 9.84 Å². The van der Waals surface area contributed by atoms with E-state index in [1.807, 2.05) is 24.3 Å². The summed E-state index contributed by atoms with van der Waals surface area (Å²) in [6.07, 6.45) is 0.919. The average molecular weight is 246 g/mol. The fourth-order valence-electron chi connectivity index (χ4n) is 1.74. The van der Waals surface area contributed by atoms with Crippen LogP contribution in [-0.4, -0.2) is 5.11 Å². The first kappa shape index (κ1) is 12.6. The second kappa shape index (κ2) is 5.65. The summed E-state index contributed by atoms with van der Waals surface area (Å²) in [6.45, 7) is 1.86. The topological polar surface area (TPSA) is 29.5 Å². The fourth-order valence-corrected chi connectivity index (χ4v) is 1.74. The van der Waals surface area contributed by atoms with E-state index >= 15 is 0 Å². The third-order valence-electron chi connectivity index (χ3n) is 2.66. The number of hydrogen-bond donors (Lipinski definition) is 1. The SMILES string of the molecule is CCc1cccc(Oc2cc(F)cc(CO)c2)c1. The van der Waals surface area contributed by atoms with Gasteiger partial charge in [-0.1, -0.05) is 19.1 Å². The van der Waals surface area contributed by atoms with Gasteiger partial charge in [-0.25, -0.2) is 4.39 Å². The largest absolute Gasteiger partial charge is 0.457 e. The molecule has 0 radical (unpaired) electrons. The van der Waals surface area contributed by atoms with Crippen LogP contribution in [0.25, 0.3) is 0 Å². The maximum absolute atomic E-state index is 13.3. The van der Waals surface area contributed by atoms with Gasteiger partial charge in [-0.05, 0) is 41.8 Å². The van der Waals surface area contributed by atoms with Crippen molar-refractivity contribution in [2.75, 3.05) is 0 Å². The smallest absolute Gasteiger partial charge is 0.130 e. The predicted octanol–water partition coefficient (Wildman–Crippen LogP) is 3.67. The van der Waals surface area contributed by atoms with E-state index in [1.54, 1.807) is 6.07 Å². The molecule has 0 unspecified atom stereocenters. The molecule has 0 atom stereocenters. The summed E-state index contributed by atoms with van der Waals surface area (Å²) in [5, 5.41) is 9.01. The van der Waals surface area contributed by atoms with Crippen LogP contribution in [0.3, 0.4) is 0 Å². The Kier molecular flexibility index (Phi) is 3.95. The summed E-state index contributed by atoms with van der Waals surface area (Å²) in [6, 6.07) is 11.9. The molecule has 18 heavy (non-hydrogen) atoms. The minimum atomic E-state index is -0.414. The van der Waals surface area contributed by atoms with Gasteiger partial charge in [0.25, 0.3) is 0 Å². The predicted molar refractivity (Wildman–Crippen MR) is 68.2 cm³/mol. The highest BCUT2D eigenvalue weighted by Gasteiger charge is 2.03. The van der Waals surface area contributed by atoms with Crippen LogP contribution in [0.15, 0.2) is 42.5 Å². The van der Waals surface area contributed by atoms with Crippen LogP contribution in [-0.2, 0) is 13.0 Å². The molecule has 0 heterocycles. The van der Waals surface area contributed by atoms with Crippen molar-refractivity contribution in [1.29, 1.82) is 0 Å². The van der Waals surface area contributed by atoms with Gasteiger partial charge in [0, 0.05) is 6.07 Å².